The summed E-state index contributed by atoms with van der Waals surface area (Å²) in [5, 5.41) is 2.65. The summed E-state index contributed by atoms with van der Waals surface area (Å²) >= 11 is 0. The van der Waals surface area contributed by atoms with Crippen molar-refractivity contribution in [3.8, 4) is 11.5 Å². The number of methoxy groups -OCH3 is 2. The van der Waals surface area contributed by atoms with Crippen LogP contribution in [0, 0.1) is 11.6 Å². The number of ether oxygens (including phenoxy) is 2. The Kier molecular flexibility index (Phi) is 7.49. The van der Waals surface area contributed by atoms with Crippen molar-refractivity contribution in [2.24, 2.45) is 0 Å². The molecule has 194 valence electrons. The van der Waals surface area contributed by atoms with Crippen LogP contribution in [0.25, 0.3) is 5.57 Å². The third-order valence-electron chi connectivity index (χ3n) is 6.15. The number of nitrogens with zero attached hydrogens (tertiary/aromatic N) is 1. The Balaban J connectivity index is 1.75. The van der Waals surface area contributed by atoms with Gasteiger partial charge in [0, 0.05) is 23.7 Å². The van der Waals surface area contributed by atoms with Crippen LogP contribution < -0.4 is 19.1 Å². The average molecular weight is 529 g/mol. The lowest BCUT2D eigenvalue weighted by atomic mass is 10.0. The number of halogens is 2. The van der Waals surface area contributed by atoms with Crippen LogP contribution in [0.1, 0.15) is 23.6 Å². The summed E-state index contributed by atoms with van der Waals surface area (Å²) in [5.41, 5.74) is 1.82. The lowest BCUT2D eigenvalue weighted by molar-refractivity contribution is -0.116. The molecule has 4 rings (SSSR count). The van der Waals surface area contributed by atoms with Crippen molar-refractivity contribution in [2.75, 3.05) is 25.1 Å². The molecule has 1 amide bonds. The Morgan fingerprint density at radius 3 is 2.27 bits per heavy atom. The largest absolute Gasteiger partial charge is 0.493 e. The molecular weight excluding hydrogens is 502 g/mol. The summed E-state index contributed by atoms with van der Waals surface area (Å²) < 4.78 is 67.1. The van der Waals surface area contributed by atoms with Crippen LogP contribution in [0.5, 0.6) is 11.5 Å². The molecule has 10 heteroatoms. The van der Waals surface area contributed by atoms with Crippen molar-refractivity contribution < 1.29 is 31.5 Å². The van der Waals surface area contributed by atoms with Gasteiger partial charge in [0.15, 0.2) is 16.4 Å². The third kappa shape index (κ3) is 5.15. The van der Waals surface area contributed by atoms with Gasteiger partial charge in [-0.1, -0.05) is 30.3 Å². The van der Waals surface area contributed by atoms with Gasteiger partial charge in [-0.25, -0.2) is 17.2 Å². The molecule has 1 aliphatic heterocycles. The summed E-state index contributed by atoms with van der Waals surface area (Å²) in [5.74, 6) is -1.10. The number of hydrogen-bond donors (Lipinski definition) is 1. The van der Waals surface area contributed by atoms with E-state index in [0.29, 0.717) is 17.7 Å². The lowest BCUT2D eigenvalue weighted by Crippen LogP contribution is -2.41. The maximum absolute atomic E-state index is 14.5. The zero-order chi connectivity index (χ0) is 26.7. The number of benzene rings is 3. The molecule has 0 atom stereocenters. The Hall–Kier alpha value is -3.92. The van der Waals surface area contributed by atoms with Gasteiger partial charge in [0.25, 0.3) is 15.9 Å². The topological polar surface area (TPSA) is 84.9 Å². The maximum Gasteiger partial charge on any atom is 0.270 e. The van der Waals surface area contributed by atoms with Crippen molar-refractivity contribution in [1.82, 2.24) is 5.32 Å². The van der Waals surface area contributed by atoms with Gasteiger partial charge in [-0.05, 0) is 48.7 Å². The van der Waals surface area contributed by atoms with Gasteiger partial charge in [-0.15, -0.1) is 0 Å². The minimum Gasteiger partial charge on any atom is -0.493 e. The minimum atomic E-state index is -4.40. The van der Waals surface area contributed by atoms with Gasteiger partial charge in [0.05, 0.1) is 26.5 Å². The second-order valence-corrected chi connectivity index (χ2v) is 10.2. The Labute approximate surface area is 214 Å². The van der Waals surface area contributed by atoms with Gasteiger partial charge in [0.2, 0.25) is 0 Å². The van der Waals surface area contributed by atoms with E-state index < -0.39 is 26.7 Å². The van der Waals surface area contributed by atoms with E-state index in [4.69, 9.17) is 9.47 Å². The molecule has 3 aromatic rings. The van der Waals surface area contributed by atoms with E-state index in [9.17, 15) is 22.0 Å². The molecule has 0 unspecified atom stereocenters. The number of nitrogens with one attached hydrogen (secondary N) is 1. The summed E-state index contributed by atoms with van der Waals surface area (Å²) in [6.07, 6.45) is 0.374. The molecule has 0 saturated heterocycles. The van der Waals surface area contributed by atoms with Crippen molar-refractivity contribution in [1.29, 1.82) is 0 Å². The quantitative estimate of drug-likeness (QED) is 0.468. The van der Waals surface area contributed by atoms with Crippen molar-refractivity contribution in [3.63, 3.8) is 0 Å². The molecule has 0 radical (unpaired) electrons. The first-order chi connectivity index (χ1) is 17.7. The molecule has 1 N–H and O–H groups in total. The van der Waals surface area contributed by atoms with Gasteiger partial charge in [0.1, 0.15) is 11.6 Å². The highest BCUT2D eigenvalue weighted by molar-refractivity contribution is 7.97. The van der Waals surface area contributed by atoms with Crippen LogP contribution in [0.2, 0.25) is 0 Å². The predicted octanol–water partition coefficient (Wildman–Crippen LogP) is 4.42. The van der Waals surface area contributed by atoms with E-state index in [2.05, 4.69) is 5.32 Å². The van der Waals surface area contributed by atoms with Crippen LogP contribution in [0.4, 0.5) is 14.5 Å². The van der Waals surface area contributed by atoms with Crippen molar-refractivity contribution in [3.05, 3.63) is 93.9 Å². The Morgan fingerprint density at radius 2 is 1.62 bits per heavy atom. The van der Waals surface area contributed by atoms with Crippen LogP contribution >= 0.6 is 0 Å². The van der Waals surface area contributed by atoms with E-state index in [1.54, 1.807) is 24.3 Å². The standard InChI is InChI=1S/C27H26F2N2O5S/c1-17-21-14-24(35-2)25(36-3)15-23(21)31(16-19-6-4-5-7-22(19)29)37(33,34)26(17)27(32)30-13-12-18-8-10-20(28)11-9-18/h4-11,14-15H,12-13,16H2,1-3H3,(H,30,32). The number of amides is 1. The first kappa shape index (κ1) is 26.2. The fraction of sp³-hybridized carbons (Fsp3) is 0.222. The number of anilines is 1. The predicted molar refractivity (Wildman–Crippen MR) is 137 cm³/mol. The minimum absolute atomic E-state index is 0.128. The zero-order valence-corrected chi connectivity index (χ0v) is 21.4. The average Bonchev–Trinajstić information content (AvgIpc) is 2.87. The SMILES string of the molecule is COc1cc2c(cc1OC)N(Cc1ccccc1F)S(=O)(=O)C(C(=O)NCCc1ccc(F)cc1)=C2C. The van der Waals surface area contributed by atoms with Gasteiger partial charge >= 0.3 is 0 Å². The highest BCUT2D eigenvalue weighted by Crippen LogP contribution is 2.45. The first-order valence-electron chi connectivity index (χ1n) is 11.4. The summed E-state index contributed by atoms with van der Waals surface area (Å²) in [7, 11) is -1.53. The number of hydrogen-bond acceptors (Lipinski definition) is 5. The van der Waals surface area contributed by atoms with E-state index >= 15 is 0 Å². The van der Waals surface area contributed by atoms with Crippen LogP contribution in [-0.4, -0.2) is 35.1 Å². The highest BCUT2D eigenvalue weighted by Gasteiger charge is 2.40. The van der Waals surface area contributed by atoms with Crippen LogP contribution in [-0.2, 0) is 27.8 Å². The van der Waals surface area contributed by atoms with Crippen LogP contribution in [0.15, 0.2) is 65.6 Å². The molecule has 0 bridgehead atoms. The fourth-order valence-electron chi connectivity index (χ4n) is 4.22. The fourth-order valence-corrected chi connectivity index (χ4v) is 5.96. The normalized spacial score (nSPS) is 14.2. The van der Waals surface area contributed by atoms with Crippen molar-refractivity contribution >= 4 is 27.2 Å². The smallest absolute Gasteiger partial charge is 0.270 e. The number of allylic oxidation sites excluding steroid dienone is 1. The number of fused-ring (bicyclic) bond motifs is 1. The van der Waals surface area contributed by atoms with Crippen LogP contribution in [0.3, 0.4) is 0 Å². The Morgan fingerprint density at radius 1 is 0.973 bits per heavy atom. The molecule has 0 spiro atoms. The molecule has 3 aromatic carbocycles. The van der Waals surface area contributed by atoms with Gasteiger partial charge in [-0.2, -0.15) is 0 Å². The van der Waals surface area contributed by atoms with Gasteiger partial charge < -0.3 is 14.8 Å². The van der Waals surface area contributed by atoms with Crippen molar-refractivity contribution in [2.45, 2.75) is 19.9 Å². The summed E-state index contributed by atoms with van der Waals surface area (Å²) in [6, 6.07) is 14.8. The molecule has 1 aliphatic rings. The maximum atomic E-state index is 14.5. The molecule has 7 nitrogen and oxygen atoms in total. The molecule has 0 aliphatic carbocycles. The highest BCUT2D eigenvalue weighted by atomic mass is 32.2. The second kappa shape index (κ2) is 10.6. The summed E-state index contributed by atoms with van der Waals surface area (Å²) in [4.78, 5) is 12.8. The number of carbonyl (C=O) groups excluding carboxylic acids is 1. The number of rotatable bonds is 8. The number of carbonyl (C=O) groups is 1. The third-order valence-corrected chi connectivity index (χ3v) is 8.07. The molecule has 0 fully saturated rings. The van der Waals surface area contributed by atoms with E-state index in [1.165, 1.54) is 57.5 Å². The molecule has 1 heterocycles. The van der Waals surface area contributed by atoms with Gasteiger partial charge in [-0.3, -0.25) is 9.10 Å². The summed E-state index contributed by atoms with van der Waals surface area (Å²) in [6.45, 7) is 1.33. The molecule has 0 aromatic heterocycles. The first-order valence-corrected chi connectivity index (χ1v) is 12.9. The lowest BCUT2D eigenvalue weighted by Gasteiger charge is -2.33. The van der Waals surface area contributed by atoms with E-state index in [0.717, 1.165) is 9.87 Å². The monoisotopic (exact) mass is 528 g/mol. The van der Waals surface area contributed by atoms with E-state index in [1.807, 2.05) is 0 Å². The molecular formula is C27H26F2N2O5S. The Bertz CT molecular complexity index is 1470. The second-order valence-electron chi connectivity index (χ2n) is 8.41. The van der Waals surface area contributed by atoms with E-state index in [-0.39, 0.29) is 41.5 Å². The zero-order valence-electron chi connectivity index (χ0n) is 20.5. The molecule has 0 saturated carbocycles. The number of sulfonamides is 1. The molecule has 37 heavy (non-hydrogen) atoms.